The molecular weight excluding hydrogens is 296 g/mol. The lowest BCUT2D eigenvalue weighted by atomic mass is 10.2. The normalized spacial score (nSPS) is 10.7. The maximum absolute atomic E-state index is 6.04. The second-order valence-electron chi connectivity index (χ2n) is 5.03. The first kappa shape index (κ1) is 14.9. The van der Waals surface area contributed by atoms with Gasteiger partial charge in [0.25, 0.3) is 0 Å². The van der Waals surface area contributed by atoms with Crippen LogP contribution >= 0.6 is 0 Å². The van der Waals surface area contributed by atoms with Gasteiger partial charge in [-0.3, -0.25) is 4.68 Å². The first-order chi connectivity index (χ1) is 11.1. The van der Waals surface area contributed by atoms with Crippen molar-refractivity contribution in [3.05, 3.63) is 30.1 Å². The molecule has 0 bridgehead atoms. The van der Waals surface area contributed by atoms with Crippen molar-refractivity contribution in [1.29, 1.82) is 0 Å². The zero-order valence-electron chi connectivity index (χ0n) is 13.2. The number of aromatic nitrogens is 4. The molecule has 0 saturated carbocycles. The van der Waals surface area contributed by atoms with E-state index in [0.29, 0.717) is 35.3 Å². The largest absolute Gasteiger partial charge is 0.493 e. The van der Waals surface area contributed by atoms with Crippen molar-refractivity contribution in [2.45, 2.75) is 6.54 Å². The highest BCUT2D eigenvalue weighted by Gasteiger charge is 2.11. The van der Waals surface area contributed by atoms with Gasteiger partial charge in [-0.05, 0) is 6.07 Å². The fourth-order valence-corrected chi connectivity index (χ4v) is 2.30. The molecule has 2 heterocycles. The van der Waals surface area contributed by atoms with E-state index in [1.54, 1.807) is 37.2 Å². The van der Waals surface area contributed by atoms with Crippen molar-refractivity contribution in [3.8, 4) is 11.5 Å². The summed E-state index contributed by atoms with van der Waals surface area (Å²) in [6, 6.07) is 3.55. The summed E-state index contributed by atoms with van der Waals surface area (Å²) in [5.74, 6) is 2.01. The van der Waals surface area contributed by atoms with E-state index in [-0.39, 0.29) is 0 Å². The van der Waals surface area contributed by atoms with Crippen molar-refractivity contribution in [3.63, 3.8) is 0 Å². The molecule has 23 heavy (non-hydrogen) atoms. The lowest BCUT2D eigenvalue weighted by molar-refractivity contribution is 0.356. The average Bonchev–Trinajstić information content (AvgIpc) is 2.97. The van der Waals surface area contributed by atoms with Crippen LogP contribution < -0.4 is 20.5 Å². The van der Waals surface area contributed by atoms with Gasteiger partial charge in [-0.15, -0.1) is 0 Å². The second kappa shape index (κ2) is 5.99. The Morgan fingerprint density at radius 2 is 1.91 bits per heavy atom. The van der Waals surface area contributed by atoms with Gasteiger partial charge in [0, 0.05) is 36.8 Å². The Labute approximate surface area is 133 Å². The molecule has 0 amide bonds. The van der Waals surface area contributed by atoms with Crippen LogP contribution in [0.3, 0.4) is 0 Å². The maximum atomic E-state index is 6.04. The summed E-state index contributed by atoms with van der Waals surface area (Å²) in [4.78, 5) is 8.76. The number of benzene rings is 1. The molecule has 0 radical (unpaired) electrons. The summed E-state index contributed by atoms with van der Waals surface area (Å²) >= 11 is 0. The summed E-state index contributed by atoms with van der Waals surface area (Å²) in [6.07, 6.45) is 3.70. The number of methoxy groups -OCH3 is 2. The van der Waals surface area contributed by atoms with Crippen LogP contribution in [0.4, 0.5) is 11.8 Å². The molecule has 2 aromatic heterocycles. The Morgan fingerprint density at radius 1 is 1.17 bits per heavy atom. The number of fused-ring (bicyclic) bond motifs is 1. The van der Waals surface area contributed by atoms with Crippen LogP contribution in [-0.4, -0.2) is 34.0 Å². The van der Waals surface area contributed by atoms with E-state index in [2.05, 4.69) is 20.4 Å². The first-order valence-corrected chi connectivity index (χ1v) is 7.01. The molecule has 1 aromatic carbocycles. The maximum Gasteiger partial charge on any atom is 0.225 e. The van der Waals surface area contributed by atoms with Crippen LogP contribution in [0.5, 0.6) is 11.5 Å². The first-order valence-electron chi connectivity index (χ1n) is 7.01. The van der Waals surface area contributed by atoms with Gasteiger partial charge >= 0.3 is 0 Å². The van der Waals surface area contributed by atoms with Crippen LogP contribution in [0.1, 0.15) is 5.56 Å². The van der Waals surface area contributed by atoms with E-state index in [0.717, 1.165) is 10.9 Å². The number of ether oxygens (including phenoxy) is 2. The molecule has 8 heteroatoms. The summed E-state index contributed by atoms with van der Waals surface area (Å²) < 4.78 is 12.3. The number of nitrogens with two attached hydrogens (primary N) is 1. The topological polar surface area (TPSA) is 100 Å². The zero-order chi connectivity index (χ0) is 16.4. The fraction of sp³-hybridized carbons (Fsp3) is 0.267. The number of hydrogen-bond acceptors (Lipinski definition) is 7. The predicted molar refractivity (Wildman–Crippen MR) is 87.6 cm³/mol. The van der Waals surface area contributed by atoms with Gasteiger partial charge in [0.15, 0.2) is 11.5 Å². The molecule has 3 rings (SSSR count). The second-order valence-corrected chi connectivity index (χ2v) is 5.03. The molecule has 0 aliphatic heterocycles. The van der Waals surface area contributed by atoms with Crippen LogP contribution in [0, 0.1) is 0 Å². The van der Waals surface area contributed by atoms with Gasteiger partial charge in [0.1, 0.15) is 5.82 Å². The Balaban J connectivity index is 1.93. The van der Waals surface area contributed by atoms with Gasteiger partial charge < -0.3 is 20.5 Å². The van der Waals surface area contributed by atoms with Crippen molar-refractivity contribution in [2.75, 3.05) is 25.3 Å². The minimum absolute atomic E-state index is 0.379. The Bertz CT molecular complexity index is 845. The Hall–Kier alpha value is -3.03. The van der Waals surface area contributed by atoms with Crippen LogP contribution in [0.15, 0.2) is 24.5 Å². The highest BCUT2D eigenvalue weighted by molar-refractivity contribution is 5.91. The van der Waals surface area contributed by atoms with Crippen molar-refractivity contribution < 1.29 is 9.47 Å². The quantitative estimate of drug-likeness (QED) is 0.737. The molecule has 0 unspecified atom stereocenters. The summed E-state index contributed by atoms with van der Waals surface area (Å²) in [6.45, 7) is 0.562. The van der Waals surface area contributed by atoms with Gasteiger partial charge in [0.2, 0.25) is 5.95 Å². The van der Waals surface area contributed by atoms with Crippen LogP contribution in [0.2, 0.25) is 0 Å². The molecular formula is C15H18N6O2. The summed E-state index contributed by atoms with van der Waals surface area (Å²) in [5, 5.41) is 7.98. The Kier molecular flexibility index (Phi) is 3.88. The third-order valence-electron chi connectivity index (χ3n) is 3.44. The average molecular weight is 314 g/mol. The van der Waals surface area contributed by atoms with E-state index in [9.17, 15) is 0 Å². The summed E-state index contributed by atoms with van der Waals surface area (Å²) in [5.41, 5.74) is 7.76. The molecule has 3 aromatic rings. The van der Waals surface area contributed by atoms with E-state index >= 15 is 0 Å². The van der Waals surface area contributed by atoms with Crippen molar-refractivity contribution in [2.24, 2.45) is 7.05 Å². The predicted octanol–water partition coefficient (Wildman–Crippen LogP) is 1.57. The van der Waals surface area contributed by atoms with E-state index in [4.69, 9.17) is 15.2 Å². The lowest BCUT2D eigenvalue weighted by Gasteiger charge is -2.11. The fourth-order valence-electron chi connectivity index (χ4n) is 2.30. The number of nitrogens with one attached hydrogen (secondary N) is 1. The summed E-state index contributed by atoms with van der Waals surface area (Å²) in [7, 11) is 5.02. The van der Waals surface area contributed by atoms with E-state index in [1.807, 2.05) is 13.2 Å². The highest BCUT2D eigenvalue weighted by Crippen LogP contribution is 2.33. The van der Waals surface area contributed by atoms with E-state index < -0.39 is 0 Å². The zero-order valence-corrected chi connectivity index (χ0v) is 13.2. The SMILES string of the molecule is COc1cc2nc(NCc3cnn(C)c3)nc(N)c2cc1OC. The number of nitrogen functional groups attached to an aromatic ring is 1. The molecule has 0 aliphatic carbocycles. The smallest absolute Gasteiger partial charge is 0.225 e. The van der Waals surface area contributed by atoms with Crippen molar-refractivity contribution >= 4 is 22.7 Å². The number of aryl methyl sites for hydroxylation is 1. The molecule has 8 nitrogen and oxygen atoms in total. The number of hydrogen-bond donors (Lipinski definition) is 2. The molecule has 0 fully saturated rings. The number of rotatable bonds is 5. The monoisotopic (exact) mass is 314 g/mol. The van der Waals surface area contributed by atoms with Gasteiger partial charge in [-0.25, -0.2) is 4.98 Å². The standard InChI is InChI=1S/C15H18N6O2/c1-21-8-9(7-18-21)6-17-15-19-11-5-13(23-3)12(22-2)4-10(11)14(16)20-15/h4-5,7-8H,6H2,1-3H3,(H3,16,17,19,20). The van der Waals surface area contributed by atoms with Gasteiger partial charge in [0.05, 0.1) is 25.9 Å². The van der Waals surface area contributed by atoms with Gasteiger partial charge in [-0.2, -0.15) is 10.1 Å². The third-order valence-corrected chi connectivity index (χ3v) is 3.44. The van der Waals surface area contributed by atoms with E-state index in [1.165, 1.54) is 0 Å². The minimum Gasteiger partial charge on any atom is -0.493 e. The van der Waals surface area contributed by atoms with Gasteiger partial charge in [-0.1, -0.05) is 0 Å². The molecule has 120 valence electrons. The lowest BCUT2D eigenvalue weighted by Crippen LogP contribution is -2.06. The molecule has 0 aliphatic rings. The third kappa shape index (κ3) is 2.96. The molecule has 0 atom stereocenters. The minimum atomic E-state index is 0.379. The van der Waals surface area contributed by atoms with Crippen molar-refractivity contribution in [1.82, 2.24) is 19.7 Å². The molecule has 0 saturated heterocycles. The highest BCUT2D eigenvalue weighted by atomic mass is 16.5. The number of anilines is 2. The number of nitrogens with zero attached hydrogens (tertiary/aromatic N) is 4. The van der Waals surface area contributed by atoms with Crippen LogP contribution in [-0.2, 0) is 13.6 Å². The molecule has 0 spiro atoms. The van der Waals surface area contributed by atoms with Crippen LogP contribution in [0.25, 0.3) is 10.9 Å². The Morgan fingerprint density at radius 3 is 2.57 bits per heavy atom. The molecule has 3 N–H and O–H groups in total.